The minimum absolute atomic E-state index is 0.0794. The molecule has 4 heteroatoms. The molecule has 0 bridgehead atoms. The minimum Gasteiger partial charge on any atom is -0.465 e. The summed E-state index contributed by atoms with van der Waals surface area (Å²) in [5.74, 6) is -0.407. The second-order valence-corrected chi connectivity index (χ2v) is 5.28. The summed E-state index contributed by atoms with van der Waals surface area (Å²) < 4.78 is 4.72. The van der Waals surface area contributed by atoms with Gasteiger partial charge in [0.1, 0.15) is 0 Å². The number of nitriles is 1. The molecule has 1 aromatic rings. The van der Waals surface area contributed by atoms with Crippen LogP contribution in [0, 0.1) is 16.7 Å². The van der Waals surface area contributed by atoms with Crippen LogP contribution in [0.2, 0.25) is 0 Å². The van der Waals surface area contributed by atoms with Gasteiger partial charge in [0.15, 0.2) is 0 Å². The smallest absolute Gasteiger partial charge is 0.339 e. The van der Waals surface area contributed by atoms with Crippen molar-refractivity contribution in [3.05, 3.63) is 29.3 Å². The molecule has 0 radical (unpaired) electrons. The van der Waals surface area contributed by atoms with Crippen LogP contribution in [0.15, 0.2) is 18.2 Å². The number of carbonyl (C=O) groups is 1. The molecular formula is C14H18N2O2. The molecule has 0 atom stereocenters. The van der Waals surface area contributed by atoms with Crippen molar-refractivity contribution in [1.82, 2.24) is 0 Å². The summed E-state index contributed by atoms with van der Waals surface area (Å²) in [5, 5.41) is 12.1. The summed E-state index contributed by atoms with van der Waals surface area (Å²) in [6.45, 7) is 6.97. The van der Waals surface area contributed by atoms with Gasteiger partial charge in [-0.2, -0.15) is 5.26 Å². The Bertz CT molecular complexity index is 482. The van der Waals surface area contributed by atoms with Gasteiger partial charge in [-0.15, -0.1) is 0 Å². The Morgan fingerprint density at radius 1 is 1.44 bits per heavy atom. The number of hydrogen-bond donors (Lipinski definition) is 1. The SMILES string of the molecule is COC(=O)c1ccc(C#N)cc1NCC(C)(C)C. The fourth-order valence-corrected chi connectivity index (χ4v) is 1.41. The lowest BCUT2D eigenvalue weighted by Crippen LogP contribution is -2.20. The van der Waals surface area contributed by atoms with Crippen LogP contribution < -0.4 is 5.32 Å². The molecule has 4 nitrogen and oxygen atoms in total. The van der Waals surface area contributed by atoms with Crippen molar-refractivity contribution in [2.75, 3.05) is 19.0 Å². The van der Waals surface area contributed by atoms with Gasteiger partial charge in [-0.25, -0.2) is 4.79 Å². The van der Waals surface area contributed by atoms with E-state index in [-0.39, 0.29) is 5.41 Å². The van der Waals surface area contributed by atoms with Crippen molar-refractivity contribution in [2.45, 2.75) is 20.8 Å². The molecule has 0 spiro atoms. The normalized spacial score (nSPS) is 10.6. The Labute approximate surface area is 108 Å². The standard InChI is InChI=1S/C14H18N2O2/c1-14(2,3)9-16-12-7-10(8-15)5-6-11(12)13(17)18-4/h5-7,16H,9H2,1-4H3. The lowest BCUT2D eigenvalue weighted by atomic mass is 9.96. The molecule has 0 amide bonds. The van der Waals surface area contributed by atoms with Crippen LogP contribution in [0.25, 0.3) is 0 Å². The molecule has 96 valence electrons. The maximum absolute atomic E-state index is 11.6. The van der Waals surface area contributed by atoms with Crippen molar-refractivity contribution in [2.24, 2.45) is 5.41 Å². The highest BCUT2D eigenvalue weighted by molar-refractivity contribution is 5.95. The van der Waals surface area contributed by atoms with E-state index in [0.29, 0.717) is 23.4 Å². The van der Waals surface area contributed by atoms with Crippen LogP contribution in [0.5, 0.6) is 0 Å². The third kappa shape index (κ3) is 3.77. The largest absolute Gasteiger partial charge is 0.465 e. The summed E-state index contributed by atoms with van der Waals surface area (Å²) >= 11 is 0. The van der Waals surface area contributed by atoms with Gasteiger partial charge in [0, 0.05) is 6.54 Å². The molecule has 0 aliphatic rings. The zero-order chi connectivity index (χ0) is 13.8. The topological polar surface area (TPSA) is 62.1 Å². The van der Waals surface area contributed by atoms with Gasteiger partial charge in [0.25, 0.3) is 0 Å². The second-order valence-electron chi connectivity index (χ2n) is 5.28. The molecule has 0 aliphatic carbocycles. The number of esters is 1. The molecule has 0 saturated heterocycles. The monoisotopic (exact) mass is 246 g/mol. The van der Waals surface area contributed by atoms with Crippen molar-refractivity contribution < 1.29 is 9.53 Å². The number of nitrogens with zero attached hydrogens (tertiary/aromatic N) is 1. The molecule has 1 N–H and O–H groups in total. The number of nitrogens with one attached hydrogen (secondary N) is 1. The quantitative estimate of drug-likeness (QED) is 0.833. The van der Waals surface area contributed by atoms with E-state index in [1.165, 1.54) is 7.11 Å². The van der Waals surface area contributed by atoms with Gasteiger partial charge >= 0.3 is 5.97 Å². The zero-order valence-electron chi connectivity index (χ0n) is 11.2. The molecule has 0 unspecified atom stereocenters. The number of rotatable bonds is 3. The van der Waals surface area contributed by atoms with Gasteiger partial charge in [-0.3, -0.25) is 0 Å². The summed E-state index contributed by atoms with van der Waals surface area (Å²) in [6, 6.07) is 6.93. The van der Waals surface area contributed by atoms with E-state index < -0.39 is 5.97 Å². The van der Waals surface area contributed by atoms with E-state index in [1.807, 2.05) is 0 Å². The average Bonchev–Trinajstić information content (AvgIpc) is 2.34. The van der Waals surface area contributed by atoms with Gasteiger partial charge in [-0.1, -0.05) is 20.8 Å². The van der Waals surface area contributed by atoms with Crippen LogP contribution in [0.1, 0.15) is 36.7 Å². The highest BCUT2D eigenvalue weighted by Crippen LogP contribution is 2.21. The first-order valence-electron chi connectivity index (χ1n) is 5.74. The third-order valence-corrected chi connectivity index (χ3v) is 2.36. The van der Waals surface area contributed by atoms with E-state index in [2.05, 4.69) is 32.2 Å². The second kappa shape index (κ2) is 5.54. The highest BCUT2D eigenvalue weighted by Gasteiger charge is 2.15. The van der Waals surface area contributed by atoms with Gasteiger partial charge in [0.2, 0.25) is 0 Å². The maximum atomic E-state index is 11.6. The van der Waals surface area contributed by atoms with Crippen molar-refractivity contribution in [3.8, 4) is 6.07 Å². The number of carbonyl (C=O) groups excluding carboxylic acids is 1. The Morgan fingerprint density at radius 3 is 2.61 bits per heavy atom. The number of hydrogen-bond acceptors (Lipinski definition) is 4. The van der Waals surface area contributed by atoms with Crippen LogP contribution >= 0.6 is 0 Å². The fourth-order valence-electron chi connectivity index (χ4n) is 1.41. The highest BCUT2D eigenvalue weighted by atomic mass is 16.5. The van der Waals surface area contributed by atoms with E-state index in [4.69, 9.17) is 10.00 Å². The van der Waals surface area contributed by atoms with Crippen molar-refractivity contribution in [1.29, 1.82) is 5.26 Å². The predicted octanol–water partition coefficient (Wildman–Crippen LogP) is 2.80. The van der Waals surface area contributed by atoms with E-state index in [0.717, 1.165) is 0 Å². The minimum atomic E-state index is -0.407. The van der Waals surface area contributed by atoms with Crippen LogP contribution in [-0.4, -0.2) is 19.6 Å². The van der Waals surface area contributed by atoms with E-state index in [1.54, 1.807) is 18.2 Å². The molecule has 0 aromatic heterocycles. The van der Waals surface area contributed by atoms with Gasteiger partial charge in [0.05, 0.1) is 30.0 Å². The van der Waals surface area contributed by atoms with Crippen molar-refractivity contribution in [3.63, 3.8) is 0 Å². The first-order valence-corrected chi connectivity index (χ1v) is 5.74. The number of ether oxygens (including phenoxy) is 1. The molecule has 0 aliphatic heterocycles. The van der Waals surface area contributed by atoms with Gasteiger partial charge in [-0.05, 0) is 23.6 Å². The molecule has 0 heterocycles. The Kier molecular flexibility index (Phi) is 4.33. The fraction of sp³-hybridized carbons (Fsp3) is 0.429. The Balaban J connectivity index is 3.05. The van der Waals surface area contributed by atoms with E-state index >= 15 is 0 Å². The predicted molar refractivity (Wildman–Crippen MR) is 70.4 cm³/mol. The lowest BCUT2D eigenvalue weighted by molar-refractivity contribution is 0.0601. The van der Waals surface area contributed by atoms with Gasteiger partial charge < -0.3 is 10.1 Å². The Morgan fingerprint density at radius 2 is 2.11 bits per heavy atom. The molecule has 18 heavy (non-hydrogen) atoms. The summed E-state index contributed by atoms with van der Waals surface area (Å²) in [5.41, 5.74) is 1.67. The zero-order valence-corrected chi connectivity index (χ0v) is 11.2. The summed E-state index contributed by atoms with van der Waals surface area (Å²) in [6.07, 6.45) is 0. The maximum Gasteiger partial charge on any atom is 0.339 e. The number of anilines is 1. The molecule has 1 aromatic carbocycles. The molecular weight excluding hydrogens is 228 g/mol. The van der Waals surface area contributed by atoms with Crippen molar-refractivity contribution >= 4 is 11.7 Å². The first-order chi connectivity index (χ1) is 8.37. The number of benzene rings is 1. The molecule has 0 saturated carbocycles. The van der Waals surface area contributed by atoms with Crippen LogP contribution in [0.3, 0.4) is 0 Å². The average molecular weight is 246 g/mol. The summed E-state index contributed by atoms with van der Waals surface area (Å²) in [4.78, 5) is 11.6. The summed E-state index contributed by atoms with van der Waals surface area (Å²) in [7, 11) is 1.34. The van der Waals surface area contributed by atoms with E-state index in [9.17, 15) is 4.79 Å². The van der Waals surface area contributed by atoms with Crippen LogP contribution in [-0.2, 0) is 4.74 Å². The molecule has 1 rings (SSSR count). The lowest BCUT2D eigenvalue weighted by Gasteiger charge is -2.20. The number of methoxy groups -OCH3 is 1. The Hall–Kier alpha value is -2.02. The van der Waals surface area contributed by atoms with Crippen LogP contribution in [0.4, 0.5) is 5.69 Å². The first kappa shape index (κ1) is 14.0. The third-order valence-electron chi connectivity index (χ3n) is 2.36. The molecule has 0 fully saturated rings.